The van der Waals surface area contributed by atoms with Crippen molar-refractivity contribution in [1.29, 1.82) is 0 Å². The lowest BCUT2D eigenvalue weighted by atomic mass is 9.74. The molecule has 26 heavy (non-hydrogen) atoms. The molecule has 0 aliphatic heterocycles. The van der Waals surface area contributed by atoms with E-state index in [-0.39, 0.29) is 11.4 Å². The molecule has 1 atom stereocenters. The molecule has 0 amide bonds. The smallest absolute Gasteiger partial charge is 0.306 e. The number of hydrogen-bond donors (Lipinski definition) is 1. The van der Waals surface area contributed by atoms with Crippen molar-refractivity contribution in [3.05, 3.63) is 29.6 Å². The Kier molecular flexibility index (Phi) is 7.22. The molecule has 0 aromatic carbocycles. The van der Waals surface area contributed by atoms with Crippen LogP contribution >= 0.6 is 0 Å². The molecule has 1 aliphatic rings. The summed E-state index contributed by atoms with van der Waals surface area (Å²) in [6.45, 7) is 11.0. The lowest BCUT2D eigenvalue weighted by Gasteiger charge is -2.35. The molecule has 1 aromatic heterocycles. The molecule has 146 valence electrons. The number of aryl methyl sites for hydroxylation is 1. The second-order valence-corrected chi connectivity index (χ2v) is 8.98. The Morgan fingerprint density at radius 3 is 2.54 bits per heavy atom. The number of esters is 1. The summed E-state index contributed by atoms with van der Waals surface area (Å²) >= 11 is 0. The maximum atomic E-state index is 12.3. The van der Waals surface area contributed by atoms with Gasteiger partial charge in [0.15, 0.2) is 0 Å². The molecule has 0 saturated heterocycles. The minimum Gasteiger partial charge on any atom is -0.460 e. The van der Waals surface area contributed by atoms with Gasteiger partial charge in [0.1, 0.15) is 5.60 Å². The number of pyridine rings is 1. The highest BCUT2D eigenvalue weighted by atomic mass is 16.6. The van der Waals surface area contributed by atoms with Crippen molar-refractivity contribution in [1.82, 2.24) is 10.3 Å². The summed E-state index contributed by atoms with van der Waals surface area (Å²) in [7, 11) is 0. The van der Waals surface area contributed by atoms with Crippen LogP contribution in [0.2, 0.25) is 0 Å². The molecule has 0 radical (unpaired) electrons. The van der Waals surface area contributed by atoms with E-state index in [1.165, 1.54) is 18.4 Å². The van der Waals surface area contributed by atoms with E-state index in [2.05, 4.69) is 29.4 Å². The second kappa shape index (κ2) is 8.98. The van der Waals surface area contributed by atoms with E-state index >= 15 is 0 Å². The first-order valence-corrected chi connectivity index (χ1v) is 10.1. The summed E-state index contributed by atoms with van der Waals surface area (Å²) in [5, 5.41) is 3.71. The predicted molar refractivity (Wildman–Crippen MR) is 106 cm³/mol. The largest absolute Gasteiger partial charge is 0.460 e. The number of aromatic nitrogens is 1. The van der Waals surface area contributed by atoms with E-state index in [0.29, 0.717) is 12.5 Å². The van der Waals surface area contributed by atoms with Gasteiger partial charge in [-0.15, -0.1) is 0 Å². The molecular formula is C22H36N2O2. The fourth-order valence-electron chi connectivity index (χ4n) is 3.52. The Morgan fingerprint density at radius 1 is 1.27 bits per heavy atom. The number of ether oxygens (including phenoxy) is 1. The Hall–Kier alpha value is -1.42. The first-order chi connectivity index (χ1) is 12.2. The van der Waals surface area contributed by atoms with E-state index in [0.717, 1.165) is 37.9 Å². The monoisotopic (exact) mass is 360 g/mol. The van der Waals surface area contributed by atoms with Crippen molar-refractivity contribution in [3.63, 3.8) is 0 Å². The van der Waals surface area contributed by atoms with Gasteiger partial charge in [-0.25, -0.2) is 0 Å². The third-order valence-electron chi connectivity index (χ3n) is 4.95. The maximum absolute atomic E-state index is 12.3. The molecule has 4 heteroatoms. The molecule has 1 saturated carbocycles. The van der Waals surface area contributed by atoms with Gasteiger partial charge >= 0.3 is 5.97 Å². The fraction of sp³-hybridized carbons (Fsp3) is 0.727. The summed E-state index contributed by atoms with van der Waals surface area (Å²) in [6, 6.07) is 4.93. The van der Waals surface area contributed by atoms with E-state index in [1.807, 2.05) is 33.9 Å². The summed E-state index contributed by atoms with van der Waals surface area (Å²) in [5.74, 6) is -0.0913. The highest BCUT2D eigenvalue weighted by molar-refractivity contribution is 5.69. The van der Waals surface area contributed by atoms with Gasteiger partial charge in [0.2, 0.25) is 0 Å². The topological polar surface area (TPSA) is 51.2 Å². The SMILES string of the molecule is CCCC(CCC(=O)OC(C)(C)C)(CNC1CC1)Cc1ccc(C)nc1. The van der Waals surface area contributed by atoms with Crippen LogP contribution in [0, 0.1) is 12.3 Å². The molecule has 1 fully saturated rings. The van der Waals surface area contributed by atoms with Crippen LogP contribution in [0.25, 0.3) is 0 Å². The first kappa shape index (κ1) is 20.9. The number of nitrogens with one attached hydrogen (secondary N) is 1. The van der Waals surface area contributed by atoms with Crippen molar-refractivity contribution in [2.45, 2.75) is 91.2 Å². The van der Waals surface area contributed by atoms with E-state index in [1.54, 1.807) is 0 Å². The Bertz CT molecular complexity index is 573. The van der Waals surface area contributed by atoms with Crippen LogP contribution in [0.5, 0.6) is 0 Å². The van der Waals surface area contributed by atoms with Crippen molar-refractivity contribution in [2.75, 3.05) is 6.54 Å². The third-order valence-corrected chi connectivity index (χ3v) is 4.95. The lowest BCUT2D eigenvalue weighted by molar-refractivity contribution is -0.155. The number of rotatable bonds is 10. The average molecular weight is 361 g/mol. The molecule has 0 spiro atoms. The van der Waals surface area contributed by atoms with Crippen LogP contribution in [0.15, 0.2) is 18.3 Å². The van der Waals surface area contributed by atoms with Crippen molar-refractivity contribution in [2.24, 2.45) is 5.41 Å². The molecule has 1 N–H and O–H groups in total. The van der Waals surface area contributed by atoms with Gasteiger partial charge < -0.3 is 10.1 Å². The van der Waals surface area contributed by atoms with Crippen LogP contribution in [0.4, 0.5) is 0 Å². The van der Waals surface area contributed by atoms with Gasteiger partial charge in [-0.2, -0.15) is 0 Å². The van der Waals surface area contributed by atoms with Gasteiger partial charge in [-0.3, -0.25) is 9.78 Å². The number of nitrogens with zero attached hydrogens (tertiary/aromatic N) is 1. The van der Waals surface area contributed by atoms with Crippen LogP contribution in [0.3, 0.4) is 0 Å². The fourth-order valence-corrected chi connectivity index (χ4v) is 3.52. The molecule has 4 nitrogen and oxygen atoms in total. The zero-order chi connectivity index (χ0) is 19.2. The molecule has 0 bridgehead atoms. The summed E-state index contributed by atoms with van der Waals surface area (Å²) in [4.78, 5) is 16.8. The highest BCUT2D eigenvalue weighted by Crippen LogP contribution is 2.35. The zero-order valence-corrected chi connectivity index (χ0v) is 17.2. The van der Waals surface area contributed by atoms with Crippen LogP contribution in [-0.4, -0.2) is 29.1 Å². The molecule has 1 unspecified atom stereocenters. The minimum atomic E-state index is -0.419. The average Bonchev–Trinajstić information content (AvgIpc) is 3.36. The molecule has 1 aromatic rings. The third kappa shape index (κ3) is 7.45. The Morgan fingerprint density at radius 2 is 2.00 bits per heavy atom. The maximum Gasteiger partial charge on any atom is 0.306 e. The minimum absolute atomic E-state index is 0.0746. The molecule has 1 heterocycles. The summed E-state index contributed by atoms with van der Waals surface area (Å²) < 4.78 is 5.54. The van der Waals surface area contributed by atoms with Gasteiger partial charge in [-0.1, -0.05) is 19.4 Å². The molecule has 2 rings (SSSR count). The second-order valence-electron chi connectivity index (χ2n) is 8.98. The first-order valence-electron chi connectivity index (χ1n) is 10.1. The van der Waals surface area contributed by atoms with Gasteiger partial charge in [0.25, 0.3) is 0 Å². The molecular weight excluding hydrogens is 324 g/mol. The van der Waals surface area contributed by atoms with Crippen LogP contribution in [0.1, 0.15) is 77.5 Å². The molecule has 1 aliphatic carbocycles. The van der Waals surface area contributed by atoms with Crippen molar-refractivity contribution in [3.8, 4) is 0 Å². The van der Waals surface area contributed by atoms with E-state index < -0.39 is 5.60 Å². The zero-order valence-electron chi connectivity index (χ0n) is 17.2. The predicted octanol–water partition coefficient (Wildman–Crippen LogP) is 4.59. The van der Waals surface area contributed by atoms with Crippen LogP contribution < -0.4 is 5.32 Å². The summed E-state index contributed by atoms with van der Waals surface area (Å²) in [5.41, 5.74) is 1.95. The quantitative estimate of drug-likeness (QED) is 0.620. The van der Waals surface area contributed by atoms with E-state index in [4.69, 9.17) is 4.74 Å². The lowest BCUT2D eigenvalue weighted by Crippen LogP contribution is -2.38. The Labute approximate surface area is 159 Å². The van der Waals surface area contributed by atoms with Gasteiger partial charge in [0, 0.05) is 30.9 Å². The van der Waals surface area contributed by atoms with Crippen molar-refractivity contribution >= 4 is 5.97 Å². The summed E-state index contributed by atoms with van der Waals surface area (Å²) in [6.07, 6.45) is 9.04. The number of hydrogen-bond acceptors (Lipinski definition) is 4. The van der Waals surface area contributed by atoms with E-state index in [9.17, 15) is 4.79 Å². The Balaban J connectivity index is 2.08. The van der Waals surface area contributed by atoms with Crippen LogP contribution in [-0.2, 0) is 16.0 Å². The van der Waals surface area contributed by atoms with Crippen molar-refractivity contribution < 1.29 is 9.53 Å². The number of carbonyl (C=O) groups is 1. The normalized spacial score (nSPS) is 17.0. The number of carbonyl (C=O) groups excluding carboxylic acids is 1. The van der Waals surface area contributed by atoms with Gasteiger partial charge in [-0.05, 0) is 76.8 Å². The highest BCUT2D eigenvalue weighted by Gasteiger charge is 2.33. The standard InChI is InChI=1S/C22H36N2O2/c1-6-12-22(16-24-19-9-10-19,13-11-20(25)26-21(3,4)5)14-18-8-7-17(2)23-15-18/h7-8,15,19,24H,6,9-14,16H2,1-5H3. The van der Waals surface area contributed by atoms with Gasteiger partial charge in [0.05, 0.1) is 0 Å².